The highest BCUT2D eigenvalue weighted by atomic mass is 19.1. The molecule has 7 heteroatoms. The van der Waals surface area contributed by atoms with E-state index in [4.69, 9.17) is 9.47 Å². The van der Waals surface area contributed by atoms with E-state index in [0.717, 1.165) is 55.0 Å². The number of hydrogen-bond donors (Lipinski definition) is 1. The third-order valence-corrected chi connectivity index (χ3v) is 8.79. The van der Waals surface area contributed by atoms with E-state index in [2.05, 4.69) is 18.8 Å². The van der Waals surface area contributed by atoms with Gasteiger partial charge in [0.1, 0.15) is 24.0 Å². The summed E-state index contributed by atoms with van der Waals surface area (Å²) in [6, 6.07) is 10.5. The van der Waals surface area contributed by atoms with E-state index >= 15 is 8.78 Å². The highest BCUT2D eigenvalue weighted by Crippen LogP contribution is 2.52. The Morgan fingerprint density at radius 2 is 1.87 bits per heavy atom. The molecule has 3 aromatic rings. The number of ether oxygens (including phenoxy) is 2. The molecule has 0 unspecified atom stereocenters. The number of aryl methyl sites for hydroxylation is 1. The summed E-state index contributed by atoms with van der Waals surface area (Å²) in [5.74, 6) is -0.868. The molecule has 2 aromatic carbocycles. The first-order valence-electron chi connectivity index (χ1n) is 13.5. The van der Waals surface area contributed by atoms with Crippen LogP contribution < -0.4 is 9.47 Å². The highest BCUT2D eigenvalue weighted by molar-refractivity contribution is 5.71. The normalized spacial score (nSPS) is 21.5. The number of carboxylic acids is 1. The van der Waals surface area contributed by atoms with E-state index in [1.165, 1.54) is 19.2 Å². The molecule has 0 saturated heterocycles. The summed E-state index contributed by atoms with van der Waals surface area (Å²) in [4.78, 5) is 15.4. The van der Waals surface area contributed by atoms with Gasteiger partial charge in [-0.2, -0.15) is 0 Å². The predicted molar refractivity (Wildman–Crippen MR) is 145 cm³/mol. The Morgan fingerprint density at radius 1 is 1.08 bits per heavy atom. The van der Waals surface area contributed by atoms with Crippen LogP contribution in [-0.2, 0) is 23.2 Å². The van der Waals surface area contributed by atoms with Crippen LogP contribution in [0.25, 0.3) is 11.1 Å². The van der Waals surface area contributed by atoms with Crippen LogP contribution in [0.2, 0.25) is 0 Å². The second kappa shape index (κ2) is 10.2. The van der Waals surface area contributed by atoms with Gasteiger partial charge in [0.05, 0.1) is 19.7 Å². The molecule has 1 heterocycles. The van der Waals surface area contributed by atoms with Gasteiger partial charge in [-0.1, -0.05) is 33.3 Å². The van der Waals surface area contributed by atoms with Crippen molar-refractivity contribution >= 4 is 5.97 Å². The quantitative estimate of drug-likeness (QED) is 0.322. The first-order valence-corrected chi connectivity index (χ1v) is 13.5. The number of rotatable bonds is 8. The molecule has 0 aliphatic heterocycles. The van der Waals surface area contributed by atoms with Gasteiger partial charge in [-0.05, 0) is 83.5 Å². The SMILES string of the molecule is COc1cc(-c2cc(F)c(COc3ccc4c(c3)[C@@](C)(CC(=O)O)CC4)cc2[C@@H]2CCCC2(C)C)c(F)cn1. The number of halogens is 2. The molecule has 2 atom stereocenters. The third-order valence-electron chi connectivity index (χ3n) is 8.79. The van der Waals surface area contributed by atoms with Gasteiger partial charge in [0.25, 0.3) is 0 Å². The number of aromatic nitrogens is 1. The number of aliphatic carboxylic acids is 1. The molecule has 0 bridgehead atoms. The van der Waals surface area contributed by atoms with Crippen molar-refractivity contribution in [1.29, 1.82) is 0 Å². The molecule has 0 radical (unpaired) electrons. The first-order chi connectivity index (χ1) is 18.5. The minimum atomic E-state index is -0.829. The fraction of sp³-hybridized carbons (Fsp3) is 0.438. The van der Waals surface area contributed by atoms with Crippen LogP contribution >= 0.6 is 0 Å². The summed E-state index contributed by atoms with van der Waals surface area (Å²) in [6.07, 6.45) is 5.77. The maximum absolute atomic E-state index is 15.6. The van der Waals surface area contributed by atoms with Crippen molar-refractivity contribution in [2.24, 2.45) is 5.41 Å². The van der Waals surface area contributed by atoms with Crippen LogP contribution in [0.3, 0.4) is 0 Å². The maximum Gasteiger partial charge on any atom is 0.304 e. The Labute approximate surface area is 228 Å². The Balaban J connectivity index is 1.50. The zero-order chi connectivity index (χ0) is 27.9. The lowest BCUT2D eigenvalue weighted by atomic mass is 9.75. The molecule has 2 aliphatic rings. The summed E-state index contributed by atoms with van der Waals surface area (Å²) >= 11 is 0. The smallest absolute Gasteiger partial charge is 0.304 e. The van der Waals surface area contributed by atoms with Crippen molar-refractivity contribution in [1.82, 2.24) is 4.98 Å². The van der Waals surface area contributed by atoms with Crippen LogP contribution in [0.4, 0.5) is 8.78 Å². The second-order valence-corrected chi connectivity index (χ2v) is 11.9. The Kier molecular flexibility index (Phi) is 7.12. The molecule has 2 aliphatic carbocycles. The lowest BCUT2D eigenvalue weighted by molar-refractivity contribution is -0.138. The van der Waals surface area contributed by atoms with Gasteiger partial charge >= 0.3 is 5.97 Å². The summed E-state index contributed by atoms with van der Waals surface area (Å²) in [7, 11) is 1.47. The predicted octanol–water partition coefficient (Wildman–Crippen LogP) is 7.59. The standard InChI is InChI=1S/C32H35F2NO4/c1-31(2)10-5-6-25(31)23-12-20(27(33)14-22(23)24-15-29(38-4)35-17-28(24)34)18-39-21-8-7-19-9-11-32(3,16-30(36)37)26(19)13-21/h7-8,12-15,17,25H,5-6,9-11,16,18H2,1-4H3,(H,36,37)/t25-,32+/m0/s1. The molecule has 5 rings (SSSR count). The maximum atomic E-state index is 15.6. The largest absolute Gasteiger partial charge is 0.489 e. The van der Waals surface area contributed by atoms with Crippen LogP contribution in [0.15, 0.2) is 42.6 Å². The molecular formula is C32H35F2NO4. The van der Waals surface area contributed by atoms with Crippen molar-refractivity contribution in [3.8, 4) is 22.8 Å². The van der Waals surface area contributed by atoms with Crippen molar-refractivity contribution in [2.75, 3.05) is 7.11 Å². The summed E-state index contributed by atoms with van der Waals surface area (Å²) in [5, 5.41) is 9.41. The molecule has 0 spiro atoms. The van der Waals surface area contributed by atoms with E-state index < -0.39 is 23.0 Å². The monoisotopic (exact) mass is 535 g/mol. The number of pyridine rings is 1. The molecule has 1 saturated carbocycles. The number of methoxy groups -OCH3 is 1. The molecule has 1 fully saturated rings. The Morgan fingerprint density at radius 3 is 2.56 bits per heavy atom. The fourth-order valence-electron chi connectivity index (χ4n) is 6.56. The summed E-state index contributed by atoms with van der Waals surface area (Å²) < 4.78 is 41.9. The van der Waals surface area contributed by atoms with E-state index in [0.29, 0.717) is 16.9 Å². The number of carboxylic acid groups (broad SMARTS) is 1. The molecule has 39 heavy (non-hydrogen) atoms. The number of fused-ring (bicyclic) bond motifs is 1. The van der Waals surface area contributed by atoms with Crippen molar-refractivity contribution in [3.05, 3.63) is 76.5 Å². The molecule has 1 aromatic heterocycles. The van der Waals surface area contributed by atoms with Crippen LogP contribution in [0.5, 0.6) is 11.6 Å². The second-order valence-electron chi connectivity index (χ2n) is 11.9. The van der Waals surface area contributed by atoms with E-state index in [1.54, 1.807) is 0 Å². The third kappa shape index (κ3) is 5.23. The van der Waals surface area contributed by atoms with Crippen LogP contribution in [0.1, 0.15) is 81.0 Å². The van der Waals surface area contributed by atoms with Crippen LogP contribution in [-0.4, -0.2) is 23.2 Å². The number of carbonyl (C=O) groups is 1. The van der Waals surface area contributed by atoms with Crippen molar-refractivity contribution in [2.45, 2.75) is 77.2 Å². The van der Waals surface area contributed by atoms with Crippen LogP contribution in [0, 0.1) is 17.0 Å². The number of benzene rings is 2. The van der Waals surface area contributed by atoms with Crippen molar-refractivity contribution < 1.29 is 28.2 Å². The average molecular weight is 536 g/mol. The minimum Gasteiger partial charge on any atom is -0.489 e. The van der Waals surface area contributed by atoms with Gasteiger partial charge < -0.3 is 14.6 Å². The summed E-state index contributed by atoms with van der Waals surface area (Å²) in [5.41, 5.74) is 3.70. The van der Waals surface area contributed by atoms with Gasteiger partial charge in [-0.3, -0.25) is 4.79 Å². The molecule has 206 valence electrons. The lowest BCUT2D eigenvalue weighted by Gasteiger charge is -2.30. The van der Waals surface area contributed by atoms with Crippen molar-refractivity contribution in [3.63, 3.8) is 0 Å². The number of hydrogen-bond acceptors (Lipinski definition) is 4. The van der Waals surface area contributed by atoms with E-state index in [1.807, 2.05) is 31.2 Å². The zero-order valence-corrected chi connectivity index (χ0v) is 22.9. The molecule has 5 nitrogen and oxygen atoms in total. The fourth-order valence-corrected chi connectivity index (χ4v) is 6.56. The topological polar surface area (TPSA) is 68.7 Å². The zero-order valence-electron chi connectivity index (χ0n) is 22.9. The van der Waals surface area contributed by atoms with Gasteiger partial charge in [0.2, 0.25) is 5.88 Å². The first kappa shape index (κ1) is 27.1. The average Bonchev–Trinajstić information content (AvgIpc) is 3.41. The van der Waals surface area contributed by atoms with Gasteiger partial charge in [-0.25, -0.2) is 13.8 Å². The minimum absolute atomic E-state index is 0.00282. The molecule has 0 amide bonds. The Bertz CT molecular complexity index is 1420. The molecule has 1 N–H and O–H groups in total. The van der Waals surface area contributed by atoms with Gasteiger partial charge in [0, 0.05) is 22.6 Å². The summed E-state index contributed by atoms with van der Waals surface area (Å²) in [6.45, 7) is 6.38. The van der Waals surface area contributed by atoms with Gasteiger partial charge in [-0.15, -0.1) is 0 Å². The van der Waals surface area contributed by atoms with E-state index in [9.17, 15) is 9.90 Å². The molecular weight excluding hydrogens is 500 g/mol. The highest BCUT2D eigenvalue weighted by Gasteiger charge is 2.38. The van der Waals surface area contributed by atoms with Gasteiger partial charge in [0.15, 0.2) is 0 Å². The Hall–Kier alpha value is -3.48. The van der Waals surface area contributed by atoms with E-state index in [-0.39, 0.29) is 35.8 Å². The lowest BCUT2D eigenvalue weighted by Crippen LogP contribution is -2.22. The number of nitrogens with zero attached hydrogens (tertiary/aromatic N) is 1.